The van der Waals surface area contributed by atoms with Crippen molar-refractivity contribution in [2.24, 2.45) is 0 Å². The first-order valence-electron chi connectivity index (χ1n) is 6.79. The highest BCUT2D eigenvalue weighted by atomic mass is 16.5. The standard InChI is InChI=1S/C15H25NO2/c1-5-13(11-16-12(3)4)18-15-10-8-7-9-14(15)17-6-2/h7-10,12-13,16H,5-6,11H2,1-4H3. The van der Waals surface area contributed by atoms with E-state index in [0.717, 1.165) is 24.5 Å². The topological polar surface area (TPSA) is 30.5 Å². The molecule has 1 aromatic carbocycles. The highest BCUT2D eigenvalue weighted by Gasteiger charge is 2.11. The minimum Gasteiger partial charge on any atom is -0.490 e. The zero-order valence-corrected chi connectivity index (χ0v) is 11.9. The first-order chi connectivity index (χ1) is 8.67. The van der Waals surface area contributed by atoms with Gasteiger partial charge in [-0.05, 0) is 25.5 Å². The number of benzene rings is 1. The van der Waals surface area contributed by atoms with E-state index >= 15 is 0 Å². The highest BCUT2D eigenvalue weighted by molar-refractivity contribution is 5.39. The van der Waals surface area contributed by atoms with Crippen LogP contribution in [0.3, 0.4) is 0 Å². The summed E-state index contributed by atoms with van der Waals surface area (Å²) in [6, 6.07) is 8.32. The minimum absolute atomic E-state index is 0.175. The first kappa shape index (κ1) is 14.8. The van der Waals surface area contributed by atoms with Gasteiger partial charge in [0.1, 0.15) is 6.10 Å². The number of para-hydroxylation sites is 2. The maximum atomic E-state index is 6.01. The lowest BCUT2D eigenvalue weighted by Crippen LogP contribution is -2.34. The summed E-state index contributed by atoms with van der Waals surface area (Å²) in [4.78, 5) is 0. The van der Waals surface area contributed by atoms with Gasteiger partial charge >= 0.3 is 0 Å². The van der Waals surface area contributed by atoms with Crippen molar-refractivity contribution in [1.82, 2.24) is 5.32 Å². The van der Waals surface area contributed by atoms with Crippen molar-refractivity contribution in [3.8, 4) is 11.5 Å². The predicted molar refractivity (Wildman–Crippen MR) is 75.5 cm³/mol. The Kier molecular flexibility index (Phi) is 6.58. The van der Waals surface area contributed by atoms with Crippen molar-refractivity contribution in [2.45, 2.75) is 46.3 Å². The van der Waals surface area contributed by atoms with E-state index in [4.69, 9.17) is 9.47 Å². The van der Waals surface area contributed by atoms with E-state index in [1.165, 1.54) is 0 Å². The quantitative estimate of drug-likeness (QED) is 0.769. The minimum atomic E-state index is 0.175. The molecule has 102 valence electrons. The molecule has 0 aliphatic carbocycles. The summed E-state index contributed by atoms with van der Waals surface area (Å²) in [5.74, 6) is 1.65. The molecule has 0 aromatic heterocycles. The van der Waals surface area contributed by atoms with E-state index < -0.39 is 0 Å². The van der Waals surface area contributed by atoms with Crippen molar-refractivity contribution >= 4 is 0 Å². The van der Waals surface area contributed by atoms with Crippen LogP contribution in [0.1, 0.15) is 34.1 Å². The molecule has 0 aliphatic rings. The van der Waals surface area contributed by atoms with Gasteiger partial charge in [0.25, 0.3) is 0 Å². The first-order valence-corrected chi connectivity index (χ1v) is 6.79. The fourth-order valence-electron chi connectivity index (χ4n) is 1.64. The summed E-state index contributed by atoms with van der Waals surface area (Å²) in [5, 5.41) is 3.40. The maximum absolute atomic E-state index is 6.01. The molecule has 1 unspecified atom stereocenters. The van der Waals surface area contributed by atoms with Crippen LogP contribution in [0.15, 0.2) is 24.3 Å². The highest BCUT2D eigenvalue weighted by Crippen LogP contribution is 2.27. The van der Waals surface area contributed by atoms with Crippen molar-refractivity contribution in [3.05, 3.63) is 24.3 Å². The molecule has 18 heavy (non-hydrogen) atoms. The third-order valence-corrected chi connectivity index (χ3v) is 2.65. The molecule has 0 saturated carbocycles. The molecule has 0 saturated heterocycles. The monoisotopic (exact) mass is 251 g/mol. The molecule has 1 atom stereocenters. The van der Waals surface area contributed by atoms with Gasteiger partial charge < -0.3 is 14.8 Å². The fourth-order valence-corrected chi connectivity index (χ4v) is 1.64. The predicted octanol–water partition coefficient (Wildman–Crippen LogP) is 3.24. The Morgan fingerprint density at radius 2 is 1.78 bits per heavy atom. The van der Waals surface area contributed by atoms with E-state index in [1.807, 2.05) is 31.2 Å². The Morgan fingerprint density at radius 3 is 2.33 bits per heavy atom. The van der Waals surface area contributed by atoms with Crippen LogP contribution in [0.5, 0.6) is 11.5 Å². The fraction of sp³-hybridized carbons (Fsp3) is 0.600. The lowest BCUT2D eigenvalue weighted by Gasteiger charge is -2.21. The van der Waals surface area contributed by atoms with Crippen molar-refractivity contribution in [3.63, 3.8) is 0 Å². The molecular formula is C15H25NO2. The zero-order valence-electron chi connectivity index (χ0n) is 11.9. The molecule has 1 rings (SSSR count). The molecule has 0 fully saturated rings. The Morgan fingerprint density at radius 1 is 1.11 bits per heavy atom. The number of rotatable bonds is 8. The Balaban J connectivity index is 2.62. The third kappa shape index (κ3) is 4.96. The molecule has 0 spiro atoms. The van der Waals surface area contributed by atoms with Crippen LogP contribution >= 0.6 is 0 Å². The lowest BCUT2D eigenvalue weighted by molar-refractivity contribution is 0.180. The normalized spacial score (nSPS) is 12.5. The van der Waals surface area contributed by atoms with Gasteiger partial charge in [-0.3, -0.25) is 0 Å². The van der Waals surface area contributed by atoms with Crippen LogP contribution < -0.4 is 14.8 Å². The molecule has 0 heterocycles. The van der Waals surface area contributed by atoms with Gasteiger partial charge in [0.2, 0.25) is 0 Å². The van der Waals surface area contributed by atoms with E-state index in [2.05, 4.69) is 26.1 Å². The molecule has 0 aliphatic heterocycles. The number of hydrogen-bond donors (Lipinski definition) is 1. The average Bonchev–Trinajstić information content (AvgIpc) is 2.36. The van der Waals surface area contributed by atoms with Crippen LogP contribution in [-0.4, -0.2) is 25.3 Å². The second-order valence-corrected chi connectivity index (χ2v) is 4.59. The van der Waals surface area contributed by atoms with Crippen molar-refractivity contribution in [1.29, 1.82) is 0 Å². The van der Waals surface area contributed by atoms with E-state index in [9.17, 15) is 0 Å². The van der Waals surface area contributed by atoms with Gasteiger partial charge in [-0.1, -0.05) is 32.9 Å². The number of nitrogens with one attached hydrogen (secondary N) is 1. The van der Waals surface area contributed by atoms with Gasteiger partial charge in [0, 0.05) is 12.6 Å². The van der Waals surface area contributed by atoms with Gasteiger partial charge in [0.05, 0.1) is 6.61 Å². The van der Waals surface area contributed by atoms with Crippen LogP contribution in [0.25, 0.3) is 0 Å². The van der Waals surface area contributed by atoms with Gasteiger partial charge in [-0.2, -0.15) is 0 Å². The van der Waals surface area contributed by atoms with E-state index in [1.54, 1.807) is 0 Å². The molecule has 1 N–H and O–H groups in total. The van der Waals surface area contributed by atoms with Gasteiger partial charge in [-0.25, -0.2) is 0 Å². The largest absolute Gasteiger partial charge is 0.490 e. The molecule has 3 heteroatoms. The second kappa shape index (κ2) is 7.98. The Hall–Kier alpha value is -1.22. The third-order valence-electron chi connectivity index (χ3n) is 2.65. The van der Waals surface area contributed by atoms with Crippen molar-refractivity contribution < 1.29 is 9.47 Å². The van der Waals surface area contributed by atoms with Crippen LogP contribution in [0, 0.1) is 0 Å². The van der Waals surface area contributed by atoms with Crippen LogP contribution in [0.2, 0.25) is 0 Å². The number of ether oxygens (including phenoxy) is 2. The summed E-state index contributed by atoms with van der Waals surface area (Å²) in [5.41, 5.74) is 0. The molecular weight excluding hydrogens is 226 g/mol. The second-order valence-electron chi connectivity index (χ2n) is 4.59. The van der Waals surface area contributed by atoms with Crippen LogP contribution in [-0.2, 0) is 0 Å². The summed E-state index contributed by atoms with van der Waals surface area (Å²) >= 11 is 0. The smallest absolute Gasteiger partial charge is 0.161 e. The molecule has 0 bridgehead atoms. The Bertz CT molecular complexity index is 339. The summed E-state index contributed by atoms with van der Waals surface area (Å²) in [6.07, 6.45) is 1.15. The number of hydrogen-bond acceptors (Lipinski definition) is 3. The lowest BCUT2D eigenvalue weighted by atomic mass is 10.2. The van der Waals surface area contributed by atoms with Gasteiger partial charge in [-0.15, -0.1) is 0 Å². The molecule has 0 amide bonds. The zero-order chi connectivity index (χ0) is 13.4. The summed E-state index contributed by atoms with van der Waals surface area (Å²) < 4.78 is 11.6. The van der Waals surface area contributed by atoms with E-state index in [-0.39, 0.29) is 6.10 Å². The van der Waals surface area contributed by atoms with E-state index in [0.29, 0.717) is 12.6 Å². The Labute approximate surface area is 110 Å². The molecule has 3 nitrogen and oxygen atoms in total. The van der Waals surface area contributed by atoms with Crippen molar-refractivity contribution in [2.75, 3.05) is 13.2 Å². The molecule has 1 aromatic rings. The summed E-state index contributed by atoms with van der Waals surface area (Å²) in [6.45, 7) is 9.90. The maximum Gasteiger partial charge on any atom is 0.161 e. The molecule has 0 radical (unpaired) electrons. The van der Waals surface area contributed by atoms with Gasteiger partial charge in [0.15, 0.2) is 11.5 Å². The SMILES string of the molecule is CCOc1ccccc1OC(CC)CNC(C)C. The average molecular weight is 251 g/mol. The van der Waals surface area contributed by atoms with Crippen LogP contribution in [0.4, 0.5) is 0 Å². The summed E-state index contributed by atoms with van der Waals surface area (Å²) in [7, 11) is 0.